The molecular formula is C9H8BrClO. The van der Waals surface area contributed by atoms with Gasteiger partial charge in [-0.2, -0.15) is 0 Å². The molecule has 0 N–H and O–H groups in total. The highest BCUT2D eigenvalue weighted by molar-refractivity contribution is 9.10. The summed E-state index contributed by atoms with van der Waals surface area (Å²) in [5, 5.41) is 0.592. The van der Waals surface area contributed by atoms with E-state index in [-0.39, 0.29) is 10.6 Å². The van der Waals surface area contributed by atoms with Gasteiger partial charge in [0.15, 0.2) is 5.78 Å². The maximum absolute atomic E-state index is 11.4. The summed E-state index contributed by atoms with van der Waals surface area (Å²) < 4.78 is 0. The predicted molar refractivity (Wildman–Crippen MR) is 54.2 cm³/mol. The molecule has 12 heavy (non-hydrogen) atoms. The molecule has 0 amide bonds. The zero-order valence-electron chi connectivity index (χ0n) is 6.55. The molecule has 0 radical (unpaired) electrons. The molecule has 0 fully saturated rings. The quantitative estimate of drug-likeness (QED) is 0.579. The average Bonchev–Trinajstić information content (AvgIpc) is 2.03. The Hall–Kier alpha value is -0.340. The molecule has 0 aromatic heterocycles. The summed E-state index contributed by atoms with van der Waals surface area (Å²) >= 11 is 8.93. The van der Waals surface area contributed by atoms with E-state index < -0.39 is 0 Å². The highest BCUT2D eigenvalue weighted by Gasteiger charge is 2.11. The molecule has 1 nitrogen and oxygen atoms in total. The lowest BCUT2D eigenvalue weighted by molar-refractivity contribution is 0.0996. The first-order chi connectivity index (χ1) is 5.61. The lowest BCUT2D eigenvalue weighted by Gasteiger charge is -2.01. The molecule has 0 spiro atoms. The van der Waals surface area contributed by atoms with Crippen LogP contribution in [0.4, 0.5) is 0 Å². The molecule has 0 aliphatic heterocycles. The Labute approximate surface area is 84.9 Å². The number of rotatable bonds is 2. The molecular weight excluding hydrogens is 239 g/mol. The number of carbonyl (C=O) groups excluding carboxylic acids is 1. The van der Waals surface area contributed by atoms with Crippen LogP contribution in [0.15, 0.2) is 24.3 Å². The van der Waals surface area contributed by atoms with Crippen molar-refractivity contribution in [3.63, 3.8) is 0 Å². The first-order valence-electron chi connectivity index (χ1n) is 3.55. The van der Waals surface area contributed by atoms with Crippen LogP contribution in [0.25, 0.3) is 0 Å². The molecule has 1 aromatic carbocycles. The van der Waals surface area contributed by atoms with E-state index in [1.54, 1.807) is 31.2 Å². The normalized spacial score (nSPS) is 12.6. The van der Waals surface area contributed by atoms with Gasteiger partial charge in [0, 0.05) is 10.6 Å². The minimum absolute atomic E-state index is 0.0532. The average molecular weight is 248 g/mol. The van der Waals surface area contributed by atoms with E-state index in [9.17, 15) is 4.79 Å². The number of Topliss-reactive ketones (excluding diaryl/α,β-unsaturated/α-hetero) is 1. The summed E-state index contributed by atoms with van der Waals surface area (Å²) in [4.78, 5) is 11.2. The molecule has 64 valence electrons. The number of alkyl halides is 1. The Kier molecular flexibility index (Phi) is 3.29. The molecule has 0 aliphatic carbocycles. The monoisotopic (exact) mass is 246 g/mol. The van der Waals surface area contributed by atoms with E-state index in [4.69, 9.17) is 11.6 Å². The number of hydrogen-bond donors (Lipinski definition) is 0. The van der Waals surface area contributed by atoms with Crippen molar-refractivity contribution in [2.45, 2.75) is 11.8 Å². The van der Waals surface area contributed by atoms with Crippen molar-refractivity contribution in [2.75, 3.05) is 0 Å². The van der Waals surface area contributed by atoms with Crippen molar-refractivity contribution in [3.8, 4) is 0 Å². The SMILES string of the molecule is C[C@@H](Br)C(=O)c1cccc(Cl)c1. The molecule has 1 rings (SSSR count). The number of halogens is 2. The van der Waals surface area contributed by atoms with Gasteiger partial charge >= 0.3 is 0 Å². The van der Waals surface area contributed by atoms with Gasteiger partial charge < -0.3 is 0 Å². The van der Waals surface area contributed by atoms with Gasteiger partial charge in [-0.05, 0) is 19.1 Å². The molecule has 0 aliphatic rings. The van der Waals surface area contributed by atoms with Gasteiger partial charge in [0.25, 0.3) is 0 Å². The maximum atomic E-state index is 11.4. The molecule has 0 unspecified atom stereocenters. The summed E-state index contributed by atoms with van der Waals surface area (Å²) in [6.45, 7) is 1.79. The molecule has 0 bridgehead atoms. The summed E-state index contributed by atoms with van der Waals surface area (Å²) in [6.07, 6.45) is 0. The summed E-state index contributed by atoms with van der Waals surface area (Å²) in [5.41, 5.74) is 0.645. The van der Waals surface area contributed by atoms with Crippen LogP contribution in [0.2, 0.25) is 5.02 Å². The lowest BCUT2D eigenvalue weighted by Crippen LogP contribution is -2.09. The summed E-state index contributed by atoms with van der Waals surface area (Å²) in [6, 6.07) is 6.94. The van der Waals surface area contributed by atoms with E-state index in [1.165, 1.54) is 0 Å². The minimum atomic E-state index is -0.157. The lowest BCUT2D eigenvalue weighted by atomic mass is 10.1. The van der Waals surface area contributed by atoms with E-state index in [0.717, 1.165) is 0 Å². The third kappa shape index (κ3) is 2.32. The fourth-order valence-electron chi connectivity index (χ4n) is 0.871. The van der Waals surface area contributed by atoms with E-state index in [2.05, 4.69) is 15.9 Å². The van der Waals surface area contributed by atoms with Crippen LogP contribution in [0, 0.1) is 0 Å². The van der Waals surface area contributed by atoms with Crippen molar-refractivity contribution in [2.24, 2.45) is 0 Å². The van der Waals surface area contributed by atoms with Crippen LogP contribution in [-0.4, -0.2) is 10.6 Å². The van der Waals surface area contributed by atoms with Crippen molar-refractivity contribution in [1.29, 1.82) is 0 Å². The number of carbonyl (C=O) groups is 1. The first-order valence-corrected chi connectivity index (χ1v) is 4.84. The minimum Gasteiger partial charge on any atom is -0.293 e. The topological polar surface area (TPSA) is 17.1 Å². The number of ketones is 1. The number of hydrogen-bond acceptors (Lipinski definition) is 1. The zero-order valence-corrected chi connectivity index (χ0v) is 8.89. The molecule has 0 saturated heterocycles. The van der Waals surface area contributed by atoms with Crippen LogP contribution in [0.5, 0.6) is 0 Å². The molecule has 0 saturated carbocycles. The smallest absolute Gasteiger partial charge is 0.176 e. The van der Waals surface area contributed by atoms with E-state index in [0.29, 0.717) is 10.6 Å². The molecule has 1 atom stereocenters. The van der Waals surface area contributed by atoms with Crippen LogP contribution in [0.1, 0.15) is 17.3 Å². The molecule has 3 heteroatoms. The second kappa shape index (κ2) is 4.06. The highest BCUT2D eigenvalue weighted by Crippen LogP contribution is 2.14. The van der Waals surface area contributed by atoms with Gasteiger partial charge in [0.1, 0.15) is 0 Å². The van der Waals surface area contributed by atoms with Crippen molar-refractivity contribution < 1.29 is 4.79 Å². The van der Waals surface area contributed by atoms with Gasteiger partial charge in [-0.3, -0.25) is 4.79 Å². The standard InChI is InChI=1S/C9H8BrClO/c1-6(10)9(12)7-3-2-4-8(11)5-7/h2-6H,1H3/t6-/m1/s1. The van der Waals surface area contributed by atoms with Crippen LogP contribution in [0.3, 0.4) is 0 Å². The Balaban J connectivity index is 2.96. The summed E-state index contributed by atoms with van der Waals surface area (Å²) in [5.74, 6) is 0.0532. The van der Waals surface area contributed by atoms with Gasteiger partial charge in [-0.1, -0.05) is 39.7 Å². The fourth-order valence-corrected chi connectivity index (χ4v) is 1.33. The zero-order chi connectivity index (χ0) is 9.14. The van der Waals surface area contributed by atoms with Gasteiger partial charge in [-0.15, -0.1) is 0 Å². The van der Waals surface area contributed by atoms with Crippen molar-refractivity contribution in [3.05, 3.63) is 34.9 Å². The predicted octanol–water partition coefficient (Wildman–Crippen LogP) is 3.31. The molecule has 0 heterocycles. The first kappa shape index (κ1) is 9.75. The van der Waals surface area contributed by atoms with E-state index >= 15 is 0 Å². The Morgan fingerprint density at radius 2 is 2.25 bits per heavy atom. The maximum Gasteiger partial charge on any atom is 0.176 e. The second-order valence-corrected chi connectivity index (χ2v) is 4.30. The fraction of sp³-hybridized carbons (Fsp3) is 0.222. The third-order valence-corrected chi connectivity index (χ3v) is 2.12. The Bertz CT molecular complexity index is 296. The van der Waals surface area contributed by atoms with Crippen molar-refractivity contribution in [1.82, 2.24) is 0 Å². The molecule has 1 aromatic rings. The summed E-state index contributed by atoms with van der Waals surface area (Å²) in [7, 11) is 0. The van der Waals surface area contributed by atoms with Gasteiger partial charge in [0.05, 0.1) is 4.83 Å². The second-order valence-electron chi connectivity index (χ2n) is 2.49. The van der Waals surface area contributed by atoms with Gasteiger partial charge in [-0.25, -0.2) is 0 Å². The van der Waals surface area contributed by atoms with Crippen molar-refractivity contribution >= 4 is 33.3 Å². The Morgan fingerprint density at radius 1 is 1.58 bits per heavy atom. The largest absolute Gasteiger partial charge is 0.293 e. The Morgan fingerprint density at radius 3 is 2.75 bits per heavy atom. The van der Waals surface area contributed by atoms with Crippen LogP contribution < -0.4 is 0 Å². The third-order valence-electron chi connectivity index (χ3n) is 1.47. The van der Waals surface area contributed by atoms with E-state index in [1.807, 2.05) is 0 Å². The van der Waals surface area contributed by atoms with Gasteiger partial charge in [0.2, 0.25) is 0 Å². The number of benzene rings is 1. The van der Waals surface area contributed by atoms with Crippen LogP contribution in [-0.2, 0) is 0 Å². The highest BCUT2D eigenvalue weighted by atomic mass is 79.9. The van der Waals surface area contributed by atoms with Crippen LogP contribution >= 0.6 is 27.5 Å².